The van der Waals surface area contributed by atoms with Crippen molar-refractivity contribution in [2.45, 2.75) is 46.0 Å². The molecule has 0 atom stereocenters. The first kappa shape index (κ1) is 16.5. The van der Waals surface area contributed by atoms with Crippen LogP contribution in [0.15, 0.2) is 18.2 Å². The summed E-state index contributed by atoms with van der Waals surface area (Å²) in [6.07, 6.45) is 6.25. The highest BCUT2D eigenvalue weighted by atomic mass is 16.5. The highest BCUT2D eigenvalue weighted by molar-refractivity contribution is 5.97. The third-order valence-electron chi connectivity index (χ3n) is 4.19. The Balaban J connectivity index is 1.83. The number of nitrogens with one attached hydrogen (secondary N) is 1. The Kier molecular flexibility index (Phi) is 5.99. The first-order valence-electron chi connectivity index (χ1n) is 8.07. The molecule has 0 bridgehead atoms. The van der Waals surface area contributed by atoms with Gasteiger partial charge in [0, 0.05) is 6.54 Å². The standard InChI is InChI=1S/C18H25NO3/c1-13-8-9-16(14(2)20)17(10-13)22-12-18(21)19-11-15-6-4-3-5-7-15/h8-10,15H,3-7,11-12H2,1-2H3,(H,19,21). The highest BCUT2D eigenvalue weighted by Crippen LogP contribution is 2.23. The molecule has 1 N–H and O–H groups in total. The lowest BCUT2D eigenvalue weighted by molar-refractivity contribution is -0.123. The molecule has 4 heteroatoms. The van der Waals surface area contributed by atoms with Crippen LogP contribution < -0.4 is 10.1 Å². The fourth-order valence-electron chi connectivity index (χ4n) is 2.88. The van der Waals surface area contributed by atoms with E-state index < -0.39 is 0 Å². The van der Waals surface area contributed by atoms with E-state index in [4.69, 9.17) is 4.74 Å². The van der Waals surface area contributed by atoms with E-state index in [0.717, 1.165) is 12.1 Å². The third-order valence-corrected chi connectivity index (χ3v) is 4.19. The smallest absolute Gasteiger partial charge is 0.257 e. The van der Waals surface area contributed by atoms with Crippen molar-refractivity contribution in [1.29, 1.82) is 0 Å². The van der Waals surface area contributed by atoms with Crippen LogP contribution in [0.3, 0.4) is 0 Å². The van der Waals surface area contributed by atoms with Gasteiger partial charge < -0.3 is 10.1 Å². The van der Waals surface area contributed by atoms with Crippen molar-refractivity contribution in [3.8, 4) is 5.75 Å². The Morgan fingerprint density at radius 1 is 1.23 bits per heavy atom. The molecule has 22 heavy (non-hydrogen) atoms. The van der Waals surface area contributed by atoms with Gasteiger partial charge in [0.2, 0.25) is 0 Å². The predicted octanol–water partition coefficient (Wildman–Crippen LogP) is 3.27. The lowest BCUT2D eigenvalue weighted by atomic mass is 9.89. The Bertz CT molecular complexity index is 533. The average Bonchev–Trinajstić information content (AvgIpc) is 2.51. The molecule has 0 spiro atoms. The molecule has 1 aromatic carbocycles. The van der Waals surface area contributed by atoms with Crippen LogP contribution in [-0.4, -0.2) is 24.8 Å². The number of amides is 1. The number of carbonyl (C=O) groups excluding carboxylic acids is 2. The summed E-state index contributed by atoms with van der Waals surface area (Å²) >= 11 is 0. The van der Waals surface area contributed by atoms with Gasteiger partial charge in [0.25, 0.3) is 5.91 Å². The summed E-state index contributed by atoms with van der Waals surface area (Å²) in [4.78, 5) is 23.5. The molecular weight excluding hydrogens is 278 g/mol. The van der Waals surface area contributed by atoms with Gasteiger partial charge in [0.15, 0.2) is 12.4 Å². The normalized spacial score (nSPS) is 15.4. The van der Waals surface area contributed by atoms with E-state index in [0.29, 0.717) is 17.2 Å². The zero-order valence-electron chi connectivity index (χ0n) is 13.5. The van der Waals surface area contributed by atoms with E-state index in [9.17, 15) is 9.59 Å². The van der Waals surface area contributed by atoms with E-state index in [-0.39, 0.29) is 18.3 Å². The summed E-state index contributed by atoms with van der Waals surface area (Å²) in [6, 6.07) is 5.41. The maximum absolute atomic E-state index is 11.9. The maximum Gasteiger partial charge on any atom is 0.257 e. The molecular formula is C18H25NO3. The van der Waals surface area contributed by atoms with Gasteiger partial charge in [-0.1, -0.05) is 25.3 Å². The number of hydrogen-bond donors (Lipinski definition) is 1. The summed E-state index contributed by atoms with van der Waals surface area (Å²) in [5.74, 6) is 0.906. The van der Waals surface area contributed by atoms with E-state index in [1.165, 1.54) is 39.0 Å². The number of ketones is 1. The van der Waals surface area contributed by atoms with Crippen molar-refractivity contribution in [3.05, 3.63) is 29.3 Å². The van der Waals surface area contributed by atoms with E-state index in [1.807, 2.05) is 13.0 Å². The lowest BCUT2D eigenvalue weighted by Gasteiger charge is -2.21. The van der Waals surface area contributed by atoms with Gasteiger partial charge in [0.1, 0.15) is 5.75 Å². The van der Waals surface area contributed by atoms with E-state index in [1.54, 1.807) is 12.1 Å². The highest BCUT2D eigenvalue weighted by Gasteiger charge is 2.15. The molecule has 0 unspecified atom stereocenters. The van der Waals surface area contributed by atoms with Crippen LogP contribution in [0, 0.1) is 12.8 Å². The van der Waals surface area contributed by atoms with Crippen molar-refractivity contribution in [2.24, 2.45) is 5.92 Å². The van der Waals surface area contributed by atoms with Crippen molar-refractivity contribution in [3.63, 3.8) is 0 Å². The zero-order valence-corrected chi connectivity index (χ0v) is 13.5. The van der Waals surface area contributed by atoms with Gasteiger partial charge >= 0.3 is 0 Å². The molecule has 0 aromatic heterocycles. The molecule has 1 aliphatic carbocycles. The van der Waals surface area contributed by atoms with Gasteiger partial charge in [-0.15, -0.1) is 0 Å². The van der Waals surface area contributed by atoms with Crippen LogP contribution in [0.5, 0.6) is 5.75 Å². The summed E-state index contributed by atoms with van der Waals surface area (Å²) in [6.45, 7) is 4.12. The maximum atomic E-state index is 11.9. The molecule has 4 nitrogen and oxygen atoms in total. The van der Waals surface area contributed by atoms with Crippen LogP contribution in [0.1, 0.15) is 54.9 Å². The molecule has 120 valence electrons. The summed E-state index contributed by atoms with van der Waals surface area (Å²) in [5, 5.41) is 2.94. The van der Waals surface area contributed by atoms with Gasteiger partial charge in [-0.25, -0.2) is 0 Å². The Morgan fingerprint density at radius 2 is 1.95 bits per heavy atom. The number of ether oxygens (including phenoxy) is 1. The largest absolute Gasteiger partial charge is 0.483 e. The number of hydrogen-bond acceptors (Lipinski definition) is 3. The monoisotopic (exact) mass is 303 g/mol. The quantitative estimate of drug-likeness (QED) is 0.821. The first-order chi connectivity index (χ1) is 10.6. The second-order valence-corrected chi connectivity index (χ2v) is 6.15. The van der Waals surface area contributed by atoms with Crippen LogP contribution in [0.4, 0.5) is 0 Å². The van der Waals surface area contributed by atoms with Crippen LogP contribution in [-0.2, 0) is 4.79 Å². The van der Waals surface area contributed by atoms with Gasteiger partial charge in [-0.2, -0.15) is 0 Å². The topological polar surface area (TPSA) is 55.4 Å². The van der Waals surface area contributed by atoms with Crippen molar-refractivity contribution >= 4 is 11.7 Å². The molecule has 0 heterocycles. The van der Waals surface area contributed by atoms with Crippen LogP contribution >= 0.6 is 0 Å². The predicted molar refractivity (Wildman–Crippen MR) is 86.3 cm³/mol. The SMILES string of the molecule is CC(=O)c1ccc(C)cc1OCC(=O)NCC1CCCCC1. The fraction of sp³-hybridized carbons (Fsp3) is 0.556. The second kappa shape index (κ2) is 7.97. The molecule has 1 aromatic rings. The number of aryl methyl sites for hydroxylation is 1. The molecule has 0 radical (unpaired) electrons. The van der Waals surface area contributed by atoms with Gasteiger partial charge in [-0.3, -0.25) is 9.59 Å². The molecule has 0 saturated heterocycles. The number of rotatable bonds is 6. The lowest BCUT2D eigenvalue weighted by Crippen LogP contribution is -2.33. The van der Waals surface area contributed by atoms with E-state index >= 15 is 0 Å². The fourth-order valence-corrected chi connectivity index (χ4v) is 2.88. The molecule has 1 amide bonds. The third kappa shape index (κ3) is 4.86. The van der Waals surface area contributed by atoms with Crippen LogP contribution in [0.25, 0.3) is 0 Å². The Morgan fingerprint density at radius 3 is 2.64 bits per heavy atom. The van der Waals surface area contributed by atoms with Crippen LogP contribution in [0.2, 0.25) is 0 Å². The first-order valence-corrected chi connectivity index (χ1v) is 8.07. The second-order valence-electron chi connectivity index (χ2n) is 6.15. The van der Waals surface area contributed by atoms with Crippen molar-refractivity contribution in [1.82, 2.24) is 5.32 Å². The average molecular weight is 303 g/mol. The molecule has 1 fully saturated rings. The number of benzene rings is 1. The Labute approximate surface area is 132 Å². The zero-order chi connectivity index (χ0) is 15.9. The summed E-state index contributed by atoms with van der Waals surface area (Å²) in [5.41, 5.74) is 1.52. The van der Waals surface area contributed by atoms with Crippen molar-refractivity contribution < 1.29 is 14.3 Å². The summed E-state index contributed by atoms with van der Waals surface area (Å²) < 4.78 is 5.55. The minimum atomic E-state index is -0.124. The molecule has 0 aliphatic heterocycles. The molecule has 2 rings (SSSR count). The minimum absolute atomic E-state index is 0.0452. The van der Waals surface area contributed by atoms with Gasteiger partial charge in [0.05, 0.1) is 5.56 Å². The summed E-state index contributed by atoms with van der Waals surface area (Å²) in [7, 11) is 0. The number of Topliss-reactive ketones (excluding diaryl/α,β-unsaturated/α-hetero) is 1. The molecule has 1 saturated carbocycles. The molecule has 1 aliphatic rings. The van der Waals surface area contributed by atoms with Gasteiger partial charge in [-0.05, 0) is 50.3 Å². The number of carbonyl (C=O) groups is 2. The van der Waals surface area contributed by atoms with E-state index in [2.05, 4.69) is 5.32 Å². The minimum Gasteiger partial charge on any atom is -0.483 e. The van der Waals surface area contributed by atoms with Crippen molar-refractivity contribution in [2.75, 3.05) is 13.2 Å². The Hall–Kier alpha value is -1.84.